The number of halogens is 2. The molecule has 30 heavy (non-hydrogen) atoms. The molecule has 1 amide bonds. The van der Waals surface area contributed by atoms with E-state index in [4.69, 9.17) is 4.42 Å². The Labute approximate surface area is 174 Å². The summed E-state index contributed by atoms with van der Waals surface area (Å²) in [5.74, 6) is -0.477. The van der Waals surface area contributed by atoms with Gasteiger partial charge in [0.25, 0.3) is 0 Å². The van der Waals surface area contributed by atoms with Crippen molar-refractivity contribution in [1.29, 1.82) is 0 Å². The average Bonchev–Trinajstić information content (AvgIpc) is 3.11. The molecule has 0 spiro atoms. The zero-order valence-electron chi connectivity index (χ0n) is 16.8. The monoisotopic (exact) mass is 441 g/mol. The molecule has 1 aromatic carbocycles. The Morgan fingerprint density at radius 3 is 2.50 bits per heavy atom. The number of carbonyl (C=O) groups excluding carboxylic acids is 1. The lowest BCUT2D eigenvalue weighted by Gasteiger charge is -2.33. The molecule has 0 unspecified atom stereocenters. The normalized spacial score (nSPS) is 19.8. The van der Waals surface area contributed by atoms with Crippen molar-refractivity contribution >= 4 is 15.9 Å². The van der Waals surface area contributed by atoms with Gasteiger partial charge in [-0.15, -0.1) is 0 Å². The largest absolute Gasteiger partial charge is 0.463 e. The zero-order valence-corrected chi connectivity index (χ0v) is 17.6. The van der Waals surface area contributed by atoms with Crippen LogP contribution in [0.5, 0.6) is 0 Å². The highest BCUT2D eigenvalue weighted by Gasteiger charge is 2.30. The number of piperidine rings is 1. The van der Waals surface area contributed by atoms with Crippen molar-refractivity contribution in [2.75, 3.05) is 12.8 Å². The number of furan rings is 1. The van der Waals surface area contributed by atoms with Crippen LogP contribution in [0, 0.1) is 11.6 Å². The molecule has 0 bridgehead atoms. The van der Waals surface area contributed by atoms with Gasteiger partial charge in [-0.3, -0.25) is 4.79 Å². The van der Waals surface area contributed by atoms with E-state index in [-0.39, 0.29) is 18.5 Å². The van der Waals surface area contributed by atoms with Gasteiger partial charge in [-0.2, -0.15) is 4.31 Å². The van der Waals surface area contributed by atoms with Crippen LogP contribution in [-0.4, -0.2) is 37.5 Å². The van der Waals surface area contributed by atoms with E-state index >= 15 is 0 Å². The van der Waals surface area contributed by atoms with Gasteiger partial charge in [0.1, 0.15) is 23.2 Å². The molecule has 1 saturated heterocycles. The van der Waals surface area contributed by atoms with Gasteiger partial charge in [0.15, 0.2) is 0 Å². The van der Waals surface area contributed by atoms with Crippen LogP contribution < -0.4 is 10.6 Å². The third kappa shape index (κ3) is 5.65. The van der Waals surface area contributed by atoms with Crippen molar-refractivity contribution in [3.63, 3.8) is 0 Å². The lowest BCUT2D eigenvalue weighted by molar-refractivity contribution is -0.123. The maximum atomic E-state index is 13.6. The van der Waals surface area contributed by atoms with Crippen LogP contribution in [0.25, 0.3) is 0 Å². The Morgan fingerprint density at radius 1 is 1.20 bits per heavy atom. The first-order valence-corrected chi connectivity index (χ1v) is 11.5. The fraction of sp³-hybridized carbons (Fsp3) is 0.450. The van der Waals surface area contributed by atoms with Crippen molar-refractivity contribution in [2.45, 2.75) is 44.9 Å². The second-order valence-corrected chi connectivity index (χ2v) is 9.31. The summed E-state index contributed by atoms with van der Waals surface area (Å²) in [4.78, 5) is 11.9. The second-order valence-electron chi connectivity index (χ2n) is 7.33. The van der Waals surface area contributed by atoms with E-state index in [9.17, 15) is 22.0 Å². The first kappa shape index (κ1) is 22.4. The predicted molar refractivity (Wildman–Crippen MR) is 107 cm³/mol. The smallest absolute Gasteiger partial charge is 0.220 e. The fourth-order valence-corrected chi connectivity index (χ4v) is 4.39. The first-order valence-electron chi connectivity index (χ1n) is 9.67. The Balaban J connectivity index is 1.68. The molecule has 7 nitrogen and oxygen atoms in total. The van der Waals surface area contributed by atoms with Gasteiger partial charge in [-0.05, 0) is 36.2 Å². The van der Waals surface area contributed by atoms with Crippen LogP contribution in [0.3, 0.4) is 0 Å². The molecule has 2 heterocycles. The summed E-state index contributed by atoms with van der Waals surface area (Å²) < 4.78 is 57.8. The number of carbonyl (C=O) groups is 1. The lowest BCUT2D eigenvalue weighted by Crippen LogP contribution is -2.48. The number of hydrogen-bond acceptors (Lipinski definition) is 5. The number of sulfonamides is 1. The topological polar surface area (TPSA) is 91.7 Å². The van der Waals surface area contributed by atoms with E-state index < -0.39 is 27.7 Å². The molecule has 0 saturated carbocycles. The molecule has 1 aliphatic rings. The highest BCUT2D eigenvalue weighted by atomic mass is 32.2. The van der Waals surface area contributed by atoms with Crippen LogP contribution in [0.2, 0.25) is 0 Å². The SMILES string of the molecule is CCN(Cc1ccc(CN[C@@H]2CCC(=O)N[C@H]2c2cc(F)cc(F)c2)o1)S(C)(=O)=O. The summed E-state index contributed by atoms with van der Waals surface area (Å²) >= 11 is 0. The minimum absolute atomic E-state index is 0.139. The summed E-state index contributed by atoms with van der Waals surface area (Å²) in [5, 5.41) is 6.06. The van der Waals surface area contributed by atoms with E-state index in [0.29, 0.717) is 43.0 Å². The number of nitrogens with one attached hydrogen (secondary N) is 2. The zero-order chi connectivity index (χ0) is 21.9. The molecule has 1 aliphatic heterocycles. The molecule has 1 aromatic heterocycles. The van der Waals surface area contributed by atoms with Crippen molar-refractivity contribution in [1.82, 2.24) is 14.9 Å². The summed E-state index contributed by atoms with van der Waals surface area (Å²) in [5.41, 5.74) is 0.352. The molecule has 3 rings (SSSR count). The molecular weight excluding hydrogens is 416 g/mol. The second kappa shape index (κ2) is 9.23. The molecule has 2 aromatic rings. The fourth-order valence-electron chi connectivity index (χ4n) is 3.56. The van der Waals surface area contributed by atoms with E-state index in [1.807, 2.05) is 0 Å². The van der Waals surface area contributed by atoms with Crippen LogP contribution in [0.15, 0.2) is 34.7 Å². The minimum Gasteiger partial charge on any atom is -0.463 e. The Kier molecular flexibility index (Phi) is 6.89. The minimum atomic E-state index is -3.33. The average molecular weight is 442 g/mol. The summed E-state index contributed by atoms with van der Waals surface area (Å²) in [6.07, 6.45) is 1.95. The van der Waals surface area contributed by atoms with Gasteiger partial charge in [-0.25, -0.2) is 17.2 Å². The third-order valence-electron chi connectivity index (χ3n) is 5.05. The number of nitrogens with zero attached hydrogens (tertiary/aromatic N) is 1. The molecule has 0 aliphatic carbocycles. The number of amides is 1. The molecular formula is C20H25F2N3O4S. The maximum Gasteiger partial charge on any atom is 0.220 e. The van der Waals surface area contributed by atoms with E-state index in [0.717, 1.165) is 12.3 Å². The highest BCUT2D eigenvalue weighted by molar-refractivity contribution is 7.88. The van der Waals surface area contributed by atoms with Crippen molar-refractivity contribution in [2.24, 2.45) is 0 Å². The Bertz CT molecular complexity index is 989. The quantitative estimate of drug-likeness (QED) is 0.657. The first-order chi connectivity index (χ1) is 14.2. The van der Waals surface area contributed by atoms with Crippen LogP contribution in [-0.2, 0) is 27.9 Å². The van der Waals surface area contributed by atoms with E-state index in [2.05, 4.69) is 10.6 Å². The molecule has 164 valence electrons. The standard InChI is InChI=1S/C20H25F2N3O4S/c1-3-25(30(2,27)28)12-17-5-4-16(29-17)11-23-18-6-7-19(26)24-20(18)13-8-14(21)10-15(22)9-13/h4-5,8-10,18,20,23H,3,6-7,11-12H2,1-2H3,(H,24,26)/t18-,20+/m1/s1. The van der Waals surface area contributed by atoms with Crippen molar-refractivity contribution in [3.05, 3.63) is 59.1 Å². The van der Waals surface area contributed by atoms with Crippen LogP contribution >= 0.6 is 0 Å². The predicted octanol–water partition coefficient (Wildman–Crippen LogP) is 2.45. The highest BCUT2D eigenvalue weighted by Crippen LogP contribution is 2.26. The van der Waals surface area contributed by atoms with Gasteiger partial charge in [0, 0.05) is 25.1 Å². The molecule has 1 fully saturated rings. The molecule has 2 atom stereocenters. The Hall–Kier alpha value is -2.30. The van der Waals surface area contributed by atoms with Gasteiger partial charge in [0.2, 0.25) is 15.9 Å². The summed E-state index contributed by atoms with van der Waals surface area (Å²) in [7, 11) is -3.33. The summed E-state index contributed by atoms with van der Waals surface area (Å²) in [6.45, 7) is 2.54. The summed E-state index contributed by atoms with van der Waals surface area (Å²) in [6, 6.07) is 5.85. The number of hydrogen-bond donors (Lipinski definition) is 2. The molecule has 2 N–H and O–H groups in total. The van der Waals surface area contributed by atoms with E-state index in [1.165, 1.54) is 16.4 Å². The van der Waals surface area contributed by atoms with Crippen LogP contribution in [0.1, 0.15) is 42.9 Å². The van der Waals surface area contributed by atoms with Gasteiger partial charge < -0.3 is 15.1 Å². The van der Waals surface area contributed by atoms with Crippen molar-refractivity contribution < 1.29 is 26.4 Å². The third-order valence-corrected chi connectivity index (χ3v) is 6.38. The number of benzene rings is 1. The Morgan fingerprint density at radius 2 is 1.87 bits per heavy atom. The van der Waals surface area contributed by atoms with Gasteiger partial charge in [0.05, 0.1) is 25.4 Å². The number of rotatable bonds is 8. The van der Waals surface area contributed by atoms with E-state index in [1.54, 1.807) is 19.1 Å². The van der Waals surface area contributed by atoms with Crippen molar-refractivity contribution in [3.8, 4) is 0 Å². The molecule has 10 heteroatoms. The van der Waals surface area contributed by atoms with Crippen LogP contribution in [0.4, 0.5) is 8.78 Å². The maximum absolute atomic E-state index is 13.6. The van der Waals surface area contributed by atoms with Gasteiger partial charge >= 0.3 is 0 Å². The lowest BCUT2D eigenvalue weighted by atomic mass is 9.91. The van der Waals surface area contributed by atoms with Gasteiger partial charge in [-0.1, -0.05) is 6.92 Å². The molecule has 0 radical (unpaired) electrons.